The summed E-state index contributed by atoms with van der Waals surface area (Å²) in [5.74, 6) is -0.892. The number of carbonyl (C=O) groups is 2. The van der Waals surface area contributed by atoms with Gasteiger partial charge in [-0.25, -0.2) is 0 Å². The van der Waals surface area contributed by atoms with Gasteiger partial charge in [0.2, 0.25) is 0 Å². The Kier molecular flexibility index (Phi) is 6.89. The van der Waals surface area contributed by atoms with Crippen molar-refractivity contribution in [3.05, 3.63) is 29.8 Å². The minimum absolute atomic E-state index is 0.119. The molecule has 0 aliphatic heterocycles. The lowest BCUT2D eigenvalue weighted by molar-refractivity contribution is -0.142. The quantitative estimate of drug-likeness (QED) is 0.774. The summed E-state index contributed by atoms with van der Waals surface area (Å²) in [6.07, 6.45) is -0.140. The SMILES string of the molecule is Cc1ccc(OC(C)C(=O)NCC(CC(C)C)C(=O)O)cc1. The van der Waals surface area contributed by atoms with Gasteiger partial charge >= 0.3 is 5.97 Å². The van der Waals surface area contributed by atoms with E-state index in [-0.39, 0.29) is 18.4 Å². The van der Waals surface area contributed by atoms with Crippen LogP contribution in [-0.4, -0.2) is 29.6 Å². The van der Waals surface area contributed by atoms with E-state index < -0.39 is 18.0 Å². The second-order valence-corrected chi connectivity index (χ2v) is 5.98. The normalized spacial score (nSPS) is 13.5. The molecule has 0 bridgehead atoms. The van der Waals surface area contributed by atoms with Crippen molar-refractivity contribution in [2.24, 2.45) is 11.8 Å². The number of hydrogen-bond donors (Lipinski definition) is 2. The van der Waals surface area contributed by atoms with Gasteiger partial charge in [0, 0.05) is 6.54 Å². The fourth-order valence-electron chi connectivity index (χ4n) is 2.08. The first-order chi connectivity index (χ1) is 10.3. The van der Waals surface area contributed by atoms with Crippen LogP contribution in [0.2, 0.25) is 0 Å². The molecule has 2 unspecified atom stereocenters. The number of benzene rings is 1. The zero-order chi connectivity index (χ0) is 16.7. The monoisotopic (exact) mass is 307 g/mol. The predicted octanol–water partition coefficient (Wildman–Crippen LogP) is 2.63. The Labute approximate surface area is 131 Å². The van der Waals surface area contributed by atoms with Crippen LogP contribution < -0.4 is 10.1 Å². The summed E-state index contributed by atoms with van der Waals surface area (Å²) < 4.78 is 5.55. The molecule has 0 aliphatic carbocycles. The van der Waals surface area contributed by atoms with E-state index in [2.05, 4.69) is 5.32 Å². The highest BCUT2D eigenvalue weighted by molar-refractivity contribution is 5.81. The number of carboxylic acids is 1. The van der Waals surface area contributed by atoms with Gasteiger partial charge in [0.1, 0.15) is 5.75 Å². The molecule has 0 saturated carbocycles. The van der Waals surface area contributed by atoms with E-state index >= 15 is 0 Å². The lowest BCUT2D eigenvalue weighted by Gasteiger charge is -2.18. The van der Waals surface area contributed by atoms with Gasteiger partial charge in [-0.15, -0.1) is 0 Å². The fourth-order valence-corrected chi connectivity index (χ4v) is 2.08. The topological polar surface area (TPSA) is 75.6 Å². The van der Waals surface area contributed by atoms with E-state index in [1.807, 2.05) is 32.9 Å². The Morgan fingerprint density at radius 2 is 1.77 bits per heavy atom. The van der Waals surface area contributed by atoms with Crippen LogP contribution in [0.1, 0.15) is 32.8 Å². The van der Waals surface area contributed by atoms with Crippen LogP contribution in [0.25, 0.3) is 0 Å². The van der Waals surface area contributed by atoms with Crippen molar-refractivity contribution in [1.29, 1.82) is 0 Å². The summed E-state index contributed by atoms with van der Waals surface area (Å²) in [4.78, 5) is 23.2. The summed E-state index contributed by atoms with van der Waals surface area (Å²) >= 11 is 0. The number of aliphatic carboxylic acids is 1. The van der Waals surface area contributed by atoms with Gasteiger partial charge in [0.25, 0.3) is 5.91 Å². The molecule has 0 aromatic heterocycles. The first-order valence-electron chi connectivity index (χ1n) is 7.53. The standard InChI is InChI=1S/C17H25NO4/c1-11(2)9-14(17(20)21)10-18-16(19)13(4)22-15-7-5-12(3)6-8-15/h5-8,11,13-14H,9-10H2,1-4H3,(H,18,19)(H,20,21). The van der Waals surface area contributed by atoms with E-state index in [9.17, 15) is 9.59 Å². The highest BCUT2D eigenvalue weighted by Crippen LogP contribution is 2.14. The van der Waals surface area contributed by atoms with Gasteiger partial charge < -0.3 is 15.2 Å². The van der Waals surface area contributed by atoms with Gasteiger partial charge in [0.05, 0.1) is 5.92 Å². The maximum atomic E-state index is 12.0. The minimum atomic E-state index is -0.888. The largest absolute Gasteiger partial charge is 0.481 e. The molecule has 1 aromatic rings. The molecule has 1 aromatic carbocycles. The maximum Gasteiger partial charge on any atom is 0.308 e. The zero-order valence-corrected chi connectivity index (χ0v) is 13.6. The molecule has 0 spiro atoms. The number of amides is 1. The van der Waals surface area contributed by atoms with Gasteiger partial charge in [-0.05, 0) is 38.3 Å². The summed E-state index contributed by atoms with van der Waals surface area (Å²) in [7, 11) is 0. The van der Waals surface area contributed by atoms with Crippen LogP contribution in [0.3, 0.4) is 0 Å². The van der Waals surface area contributed by atoms with Crippen molar-refractivity contribution in [2.75, 3.05) is 6.54 Å². The molecule has 122 valence electrons. The Morgan fingerprint density at radius 3 is 2.27 bits per heavy atom. The summed E-state index contributed by atoms with van der Waals surface area (Å²) in [5, 5.41) is 11.8. The third-order valence-electron chi connectivity index (χ3n) is 3.33. The first kappa shape index (κ1) is 18.0. The van der Waals surface area contributed by atoms with Crippen LogP contribution in [-0.2, 0) is 9.59 Å². The molecule has 5 heteroatoms. The summed E-state index contributed by atoms with van der Waals surface area (Å²) in [6, 6.07) is 7.42. The Morgan fingerprint density at radius 1 is 1.18 bits per heavy atom. The van der Waals surface area contributed by atoms with Gasteiger partial charge in [-0.3, -0.25) is 9.59 Å². The lowest BCUT2D eigenvalue weighted by Crippen LogP contribution is -2.40. The van der Waals surface area contributed by atoms with E-state index in [0.29, 0.717) is 12.2 Å². The van der Waals surface area contributed by atoms with Gasteiger partial charge in [-0.1, -0.05) is 31.5 Å². The molecule has 0 saturated heterocycles. The second kappa shape index (κ2) is 8.41. The molecule has 0 heterocycles. The van der Waals surface area contributed by atoms with Crippen molar-refractivity contribution in [2.45, 2.75) is 40.2 Å². The van der Waals surface area contributed by atoms with E-state index in [4.69, 9.17) is 9.84 Å². The van der Waals surface area contributed by atoms with Crippen LogP contribution in [0.4, 0.5) is 0 Å². The maximum absolute atomic E-state index is 12.0. The molecule has 5 nitrogen and oxygen atoms in total. The fraction of sp³-hybridized carbons (Fsp3) is 0.529. The number of ether oxygens (including phenoxy) is 1. The highest BCUT2D eigenvalue weighted by atomic mass is 16.5. The van der Waals surface area contributed by atoms with Crippen LogP contribution >= 0.6 is 0 Å². The van der Waals surface area contributed by atoms with Crippen LogP contribution in [0, 0.1) is 18.8 Å². The van der Waals surface area contributed by atoms with Crippen molar-refractivity contribution in [1.82, 2.24) is 5.32 Å². The first-order valence-corrected chi connectivity index (χ1v) is 7.53. The van der Waals surface area contributed by atoms with Crippen molar-refractivity contribution >= 4 is 11.9 Å². The molecule has 22 heavy (non-hydrogen) atoms. The number of aryl methyl sites for hydroxylation is 1. The summed E-state index contributed by atoms with van der Waals surface area (Å²) in [6.45, 7) is 7.66. The van der Waals surface area contributed by atoms with Crippen LogP contribution in [0.5, 0.6) is 5.75 Å². The molecule has 0 fully saturated rings. The average molecular weight is 307 g/mol. The van der Waals surface area contributed by atoms with Crippen LogP contribution in [0.15, 0.2) is 24.3 Å². The second-order valence-electron chi connectivity index (χ2n) is 5.98. The van der Waals surface area contributed by atoms with Crippen molar-refractivity contribution in [3.8, 4) is 5.75 Å². The third kappa shape index (κ3) is 6.16. The number of rotatable bonds is 8. The molecule has 1 amide bonds. The van der Waals surface area contributed by atoms with Gasteiger partial charge in [-0.2, -0.15) is 0 Å². The number of nitrogens with one attached hydrogen (secondary N) is 1. The zero-order valence-electron chi connectivity index (χ0n) is 13.6. The molecule has 0 aliphatic rings. The smallest absolute Gasteiger partial charge is 0.308 e. The summed E-state index contributed by atoms with van der Waals surface area (Å²) in [5.41, 5.74) is 1.11. The number of carbonyl (C=O) groups excluding carboxylic acids is 1. The molecular formula is C17H25NO4. The van der Waals surface area contributed by atoms with E-state index in [0.717, 1.165) is 5.56 Å². The van der Waals surface area contributed by atoms with E-state index in [1.165, 1.54) is 0 Å². The molecule has 0 radical (unpaired) electrons. The molecule has 2 atom stereocenters. The molecule has 2 N–H and O–H groups in total. The number of carboxylic acid groups (broad SMARTS) is 1. The van der Waals surface area contributed by atoms with Crippen molar-refractivity contribution in [3.63, 3.8) is 0 Å². The predicted molar refractivity (Wildman–Crippen MR) is 84.9 cm³/mol. The Bertz CT molecular complexity index is 496. The van der Waals surface area contributed by atoms with E-state index in [1.54, 1.807) is 19.1 Å². The molecular weight excluding hydrogens is 282 g/mol. The Balaban J connectivity index is 2.49. The lowest BCUT2D eigenvalue weighted by atomic mass is 9.97. The molecule has 1 rings (SSSR count). The highest BCUT2D eigenvalue weighted by Gasteiger charge is 2.21. The third-order valence-corrected chi connectivity index (χ3v) is 3.33. The average Bonchev–Trinajstić information content (AvgIpc) is 2.44. The van der Waals surface area contributed by atoms with Gasteiger partial charge in [0.15, 0.2) is 6.10 Å². The Hall–Kier alpha value is -2.04. The van der Waals surface area contributed by atoms with Crippen molar-refractivity contribution < 1.29 is 19.4 Å². The minimum Gasteiger partial charge on any atom is -0.481 e. The number of hydrogen-bond acceptors (Lipinski definition) is 3.